The first-order valence-corrected chi connectivity index (χ1v) is 5.84. The first kappa shape index (κ1) is 14.4. The molecule has 1 unspecified atom stereocenters. The van der Waals surface area contributed by atoms with E-state index in [0.717, 1.165) is 25.1 Å². The molecule has 0 radical (unpaired) electrons. The summed E-state index contributed by atoms with van der Waals surface area (Å²) < 4.78 is 13.0. The van der Waals surface area contributed by atoms with Gasteiger partial charge in [0.15, 0.2) is 0 Å². The lowest BCUT2D eigenvalue weighted by molar-refractivity contribution is 0.0933. The molecule has 18 heavy (non-hydrogen) atoms. The fourth-order valence-corrected chi connectivity index (χ4v) is 1.52. The summed E-state index contributed by atoms with van der Waals surface area (Å²) in [5.74, 6) is -1.22. The van der Waals surface area contributed by atoms with Crippen LogP contribution in [0.1, 0.15) is 23.7 Å². The van der Waals surface area contributed by atoms with Crippen molar-refractivity contribution in [2.24, 2.45) is 0 Å². The van der Waals surface area contributed by atoms with Gasteiger partial charge in [-0.25, -0.2) is 4.39 Å². The smallest absolute Gasteiger partial charge is 0.255 e. The summed E-state index contributed by atoms with van der Waals surface area (Å²) in [6, 6.07) is 3.28. The molecule has 1 aromatic carbocycles. The minimum atomic E-state index is -0.543. The van der Waals surface area contributed by atoms with E-state index in [1.807, 2.05) is 25.9 Å². The first-order valence-electron chi connectivity index (χ1n) is 5.84. The van der Waals surface area contributed by atoms with Crippen LogP contribution in [0.3, 0.4) is 0 Å². The number of nitrogens with one attached hydrogen (secondary N) is 1. The van der Waals surface area contributed by atoms with E-state index >= 15 is 0 Å². The number of nitrogens with zero attached hydrogens (tertiary/aromatic N) is 1. The molecule has 0 bridgehead atoms. The largest absolute Gasteiger partial charge is 0.507 e. The number of amides is 1. The fraction of sp³-hybridized carbons (Fsp3) is 0.462. The van der Waals surface area contributed by atoms with Gasteiger partial charge in [-0.15, -0.1) is 0 Å². The molecule has 1 aromatic rings. The topological polar surface area (TPSA) is 52.6 Å². The van der Waals surface area contributed by atoms with Crippen molar-refractivity contribution < 1.29 is 14.3 Å². The van der Waals surface area contributed by atoms with Crippen LogP contribution in [0.4, 0.5) is 4.39 Å². The van der Waals surface area contributed by atoms with E-state index in [0.29, 0.717) is 0 Å². The number of rotatable bonds is 5. The van der Waals surface area contributed by atoms with Crippen LogP contribution in [0.25, 0.3) is 0 Å². The predicted molar refractivity (Wildman–Crippen MR) is 68.2 cm³/mol. The van der Waals surface area contributed by atoms with Gasteiger partial charge in [-0.1, -0.05) is 0 Å². The Balaban J connectivity index is 2.62. The maximum Gasteiger partial charge on any atom is 0.255 e. The molecule has 0 saturated carbocycles. The number of hydrogen-bond donors (Lipinski definition) is 2. The number of phenols is 1. The quantitative estimate of drug-likeness (QED) is 0.839. The molecule has 1 atom stereocenters. The highest BCUT2D eigenvalue weighted by molar-refractivity contribution is 5.96. The van der Waals surface area contributed by atoms with Gasteiger partial charge in [0.25, 0.3) is 5.91 Å². The molecule has 0 aliphatic rings. The summed E-state index contributed by atoms with van der Waals surface area (Å²) in [5, 5.41) is 12.2. The Morgan fingerprint density at radius 2 is 2.17 bits per heavy atom. The summed E-state index contributed by atoms with van der Waals surface area (Å²) in [7, 11) is 3.90. The lowest BCUT2D eigenvalue weighted by Crippen LogP contribution is -2.34. The van der Waals surface area contributed by atoms with E-state index in [1.165, 1.54) is 6.07 Å². The highest BCUT2D eigenvalue weighted by Gasteiger charge is 2.14. The number of halogens is 1. The third-order valence-electron chi connectivity index (χ3n) is 2.59. The number of carbonyl (C=O) groups is 1. The van der Waals surface area contributed by atoms with E-state index in [1.54, 1.807) is 0 Å². The molecule has 0 fully saturated rings. The SMILES string of the molecule is CC(CCN(C)C)NC(=O)c1cc(F)ccc1O. The van der Waals surface area contributed by atoms with Crippen molar-refractivity contribution in [3.8, 4) is 5.75 Å². The van der Waals surface area contributed by atoms with E-state index in [-0.39, 0.29) is 17.4 Å². The second kappa shape index (κ2) is 6.35. The zero-order valence-electron chi connectivity index (χ0n) is 10.9. The van der Waals surface area contributed by atoms with Crippen LogP contribution < -0.4 is 5.32 Å². The fourth-order valence-electron chi connectivity index (χ4n) is 1.52. The van der Waals surface area contributed by atoms with Crippen molar-refractivity contribution in [2.75, 3.05) is 20.6 Å². The second-order valence-corrected chi connectivity index (χ2v) is 4.63. The predicted octanol–water partition coefficient (Wildman–Crippen LogP) is 1.60. The summed E-state index contributed by atoms with van der Waals surface area (Å²) in [4.78, 5) is 13.8. The van der Waals surface area contributed by atoms with Gasteiger partial charge in [0.05, 0.1) is 5.56 Å². The van der Waals surface area contributed by atoms with Crippen LogP contribution in [-0.2, 0) is 0 Å². The molecule has 1 rings (SSSR count). The monoisotopic (exact) mass is 254 g/mol. The minimum Gasteiger partial charge on any atom is -0.507 e. The van der Waals surface area contributed by atoms with Crippen molar-refractivity contribution in [2.45, 2.75) is 19.4 Å². The lowest BCUT2D eigenvalue weighted by atomic mass is 10.1. The Morgan fingerprint density at radius 1 is 1.50 bits per heavy atom. The van der Waals surface area contributed by atoms with E-state index in [4.69, 9.17) is 0 Å². The standard InChI is InChI=1S/C13H19FN2O2/c1-9(6-7-16(2)3)15-13(18)11-8-10(14)4-5-12(11)17/h4-5,8-9,17H,6-7H2,1-3H3,(H,15,18). The van der Waals surface area contributed by atoms with Crippen LogP contribution in [0.2, 0.25) is 0 Å². The van der Waals surface area contributed by atoms with Gasteiger partial charge in [-0.2, -0.15) is 0 Å². The number of carbonyl (C=O) groups excluding carboxylic acids is 1. The van der Waals surface area contributed by atoms with Crippen LogP contribution in [0.15, 0.2) is 18.2 Å². The first-order chi connectivity index (χ1) is 8.40. The van der Waals surface area contributed by atoms with Gasteiger partial charge in [-0.05, 0) is 52.2 Å². The third kappa shape index (κ3) is 4.33. The Morgan fingerprint density at radius 3 is 2.78 bits per heavy atom. The molecule has 4 nitrogen and oxygen atoms in total. The number of benzene rings is 1. The molecule has 0 saturated heterocycles. The van der Waals surface area contributed by atoms with Crippen molar-refractivity contribution in [1.29, 1.82) is 0 Å². The zero-order chi connectivity index (χ0) is 13.7. The Labute approximate surface area is 106 Å². The Kier molecular flexibility index (Phi) is 5.09. The maximum atomic E-state index is 13.0. The van der Waals surface area contributed by atoms with Crippen molar-refractivity contribution in [3.63, 3.8) is 0 Å². The average Bonchev–Trinajstić information content (AvgIpc) is 2.29. The van der Waals surface area contributed by atoms with Crippen molar-refractivity contribution in [3.05, 3.63) is 29.6 Å². The Bertz CT molecular complexity index is 421. The van der Waals surface area contributed by atoms with Gasteiger partial charge >= 0.3 is 0 Å². The highest BCUT2D eigenvalue weighted by Crippen LogP contribution is 2.17. The normalized spacial score (nSPS) is 12.5. The van der Waals surface area contributed by atoms with Crippen LogP contribution >= 0.6 is 0 Å². The highest BCUT2D eigenvalue weighted by atomic mass is 19.1. The molecule has 1 amide bonds. The summed E-state index contributed by atoms with van der Waals surface area (Å²) in [6.07, 6.45) is 0.787. The summed E-state index contributed by atoms with van der Waals surface area (Å²) in [6.45, 7) is 2.72. The third-order valence-corrected chi connectivity index (χ3v) is 2.59. The van der Waals surface area contributed by atoms with Gasteiger partial charge in [-0.3, -0.25) is 4.79 Å². The van der Waals surface area contributed by atoms with E-state index < -0.39 is 11.7 Å². The van der Waals surface area contributed by atoms with Gasteiger partial charge in [0.1, 0.15) is 11.6 Å². The molecule has 2 N–H and O–H groups in total. The van der Waals surface area contributed by atoms with Crippen LogP contribution in [0.5, 0.6) is 5.75 Å². The molecule has 5 heteroatoms. The number of hydrogen-bond acceptors (Lipinski definition) is 3. The number of phenolic OH excluding ortho intramolecular Hbond substituents is 1. The molecular weight excluding hydrogens is 235 g/mol. The summed E-state index contributed by atoms with van der Waals surface area (Å²) >= 11 is 0. The number of aromatic hydroxyl groups is 1. The minimum absolute atomic E-state index is 0.0355. The Hall–Kier alpha value is -1.62. The zero-order valence-corrected chi connectivity index (χ0v) is 10.9. The molecule has 100 valence electrons. The van der Waals surface area contributed by atoms with Crippen LogP contribution in [-0.4, -0.2) is 42.6 Å². The van der Waals surface area contributed by atoms with Gasteiger partial charge < -0.3 is 15.3 Å². The molecule has 0 spiro atoms. The van der Waals surface area contributed by atoms with Gasteiger partial charge in [0.2, 0.25) is 0 Å². The molecule has 0 aromatic heterocycles. The molecule has 0 heterocycles. The lowest BCUT2D eigenvalue weighted by Gasteiger charge is -2.17. The van der Waals surface area contributed by atoms with Crippen molar-refractivity contribution >= 4 is 5.91 Å². The second-order valence-electron chi connectivity index (χ2n) is 4.63. The molecular formula is C13H19FN2O2. The van der Waals surface area contributed by atoms with E-state index in [9.17, 15) is 14.3 Å². The van der Waals surface area contributed by atoms with E-state index in [2.05, 4.69) is 5.32 Å². The van der Waals surface area contributed by atoms with Gasteiger partial charge in [0, 0.05) is 6.04 Å². The summed E-state index contributed by atoms with van der Waals surface area (Å²) in [5.41, 5.74) is -0.0355. The maximum absolute atomic E-state index is 13.0. The molecule has 0 aliphatic heterocycles. The molecule has 0 aliphatic carbocycles. The average molecular weight is 254 g/mol. The van der Waals surface area contributed by atoms with Crippen LogP contribution in [0, 0.1) is 5.82 Å². The van der Waals surface area contributed by atoms with Crippen molar-refractivity contribution in [1.82, 2.24) is 10.2 Å².